The molecule has 2 rings (SSSR count). The number of likely N-dealkylation sites (tertiary alicyclic amines) is 1. The first-order valence-corrected chi connectivity index (χ1v) is 6.57. The number of hydrogen-bond donors (Lipinski definition) is 1. The van der Waals surface area contributed by atoms with E-state index >= 15 is 0 Å². The minimum absolute atomic E-state index is 0.167. The van der Waals surface area contributed by atoms with Crippen molar-refractivity contribution < 1.29 is 4.74 Å². The van der Waals surface area contributed by atoms with Crippen molar-refractivity contribution in [3.8, 4) is 0 Å². The van der Waals surface area contributed by atoms with Crippen LogP contribution < -0.4 is 5.73 Å². The summed E-state index contributed by atoms with van der Waals surface area (Å²) in [5.74, 6) is 1.69. The lowest BCUT2D eigenvalue weighted by Gasteiger charge is -2.40. The Bertz CT molecular complexity index is 246. The average molecular weight is 226 g/mol. The fourth-order valence-electron chi connectivity index (χ4n) is 2.89. The first-order valence-electron chi connectivity index (χ1n) is 6.57. The fourth-order valence-corrected chi connectivity index (χ4v) is 2.89. The smallest absolute Gasteiger partial charge is 0.0624 e. The molecule has 2 heterocycles. The molecule has 3 nitrogen and oxygen atoms in total. The van der Waals surface area contributed by atoms with Crippen LogP contribution in [0.2, 0.25) is 0 Å². The van der Waals surface area contributed by atoms with Crippen LogP contribution in [0.1, 0.15) is 27.2 Å². The quantitative estimate of drug-likeness (QED) is 0.772. The standard InChI is InChI=1S/C13H26N2O/c1-10-4-5-15(6-11(10)2)8-13(3)9-16-7-12(13)14/h10-12H,4-9,14H2,1-3H3. The topological polar surface area (TPSA) is 38.5 Å². The molecule has 0 aromatic heterocycles. The van der Waals surface area contributed by atoms with Crippen molar-refractivity contribution >= 4 is 0 Å². The molecule has 0 amide bonds. The maximum Gasteiger partial charge on any atom is 0.0624 e. The molecule has 3 heteroatoms. The summed E-state index contributed by atoms with van der Waals surface area (Å²) >= 11 is 0. The van der Waals surface area contributed by atoms with E-state index in [9.17, 15) is 0 Å². The van der Waals surface area contributed by atoms with Crippen LogP contribution in [0.25, 0.3) is 0 Å². The van der Waals surface area contributed by atoms with Gasteiger partial charge in [-0.1, -0.05) is 20.8 Å². The van der Waals surface area contributed by atoms with Crippen molar-refractivity contribution in [2.45, 2.75) is 33.2 Å². The summed E-state index contributed by atoms with van der Waals surface area (Å²) in [4.78, 5) is 2.58. The molecule has 2 saturated heterocycles. The van der Waals surface area contributed by atoms with Crippen LogP contribution in [-0.2, 0) is 4.74 Å². The van der Waals surface area contributed by atoms with Crippen molar-refractivity contribution in [3.05, 3.63) is 0 Å². The number of hydrogen-bond acceptors (Lipinski definition) is 3. The van der Waals surface area contributed by atoms with Crippen LogP contribution in [0.4, 0.5) is 0 Å². The van der Waals surface area contributed by atoms with E-state index in [1.54, 1.807) is 0 Å². The summed E-state index contributed by atoms with van der Waals surface area (Å²) in [6.45, 7) is 12.1. The Morgan fingerprint density at radius 3 is 2.69 bits per heavy atom. The Labute approximate surface area is 99.3 Å². The van der Waals surface area contributed by atoms with Gasteiger partial charge in [0, 0.05) is 24.5 Å². The molecule has 2 N–H and O–H groups in total. The van der Waals surface area contributed by atoms with Gasteiger partial charge in [-0.15, -0.1) is 0 Å². The van der Waals surface area contributed by atoms with E-state index in [4.69, 9.17) is 10.5 Å². The lowest BCUT2D eigenvalue weighted by molar-refractivity contribution is 0.0749. The zero-order valence-corrected chi connectivity index (χ0v) is 10.9. The highest BCUT2D eigenvalue weighted by Gasteiger charge is 2.39. The first kappa shape index (κ1) is 12.3. The van der Waals surface area contributed by atoms with E-state index < -0.39 is 0 Å². The third-order valence-electron chi connectivity index (χ3n) is 4.63. The Kier molecular flexibility index (Phi) is 3.57. The Morgan fingerprint density at radius 2 is 2.12 bits per heavy atom. The van der Waals surface area contributed by atoms with Gasteiger partial charge in [-0.05, 0) is 24.8 Å². The molecule has 16 heavy (non-hydrogen) atoms. The third-order valence-corrected chi connectivity index (χ3v) is 4.63. The summed E-state index contributed by atoms with van der Waals surface area (Å²) in [5.41, 5.74) is 6.31. The lowest BCUT2D eigenvalue weighted by atomic mass is 9.82. The van der Waals surface area contributed by atoms with Crippen LogP contribution in [0.3, 0.4) is 0 Å². The summed E-state index contributed by atoms with van der Waals surface area (Å²) in [7, 11) is 0. The monoisotopic (exact) mass is 226 g/mol. The highest BCUT2D eigenvalue weighted by atomic mass is 16.5. The molecule has 4 atom stereocenters. The van der Waals surface area contributed by atoms with Gasteiger partial charge in [0.05, 0.1) is 13.2 Å². The largest absolute Gasteiger partial charge is 0.379 e. The van der Waals surface area contributed by atoms with Crippen LogP contribution in [-0.4, -0.2) is 43.8 Å². The Hall–Kier alpha value is -0.120. The van der Waals surface area contributed by atoms with Gasteiger partial charge in [0.15, 0.2) is 0 Å². The van der Waals surface area contributed by atoms with Crippen molar-refractivity contribution in [2.75, 3.05) is 32.8 Å². The van der Waals surface area contributed by atoms with Crippen molar-refractivity contribution in [3.63, 3.8) is 0 Å². The van der Waals surface area contributed by atoms with Gasteiger partial charge in [0.1, 0.15) is 0 Å². The molecule has 4 unspecified atom stereocenters. The van der Waals surface area contributed by atoms with E-state index in [0.29, 0.717) is 0 Å². The van der Waals surface area contributed by atoms with Crippen LogP contribution >= 0.6 is 0 Å². The van der Waals surface area contributed by atoms with Gasteiger partial charge in [-0.2, -0.15) is 0 Å². The van der Waals surface area contributed by atoms with E-state index in [1.165, 1.54) is 19.5 Å². The molecule has 2 aliphatic rings. The number of nitrogens with two attached hydrogens (primary N) is 1. The van der Waals surface area contributed by atoms with Crippen molar-refractivity contribution in [2.24, 2.45) is 23.0 Å². The van der Waals surface area contributed by atoms with Gasteiger partial charge in [0.25, 0.3) is 0 Å². The highest BCUT2D eigenvalue weighted by molar-refractivity contribution is 4.93. The second-order valence-electron chi connectivity index (χ2n) is 6.25. The predicted octanol–water partition coefficient (Wildman–Crippen LogP) is 1.33. The summed E-state index contributed by atoms with van der Waals surface area (Å²) in [5, 5.41) is 0. The average Bonchev–Trinajstić information content (AvgIpc) is 2.53. The van der Waals surface area contributed by atoms with Crippen LogP contribution in [0.5, 0.6) is 0 Å². The molecule has 0 aliphatic carbocycles. The summed E-state index contributed by atoms with van der Waals surface area (Å²) in [6.07, 6.45) is 1.33. The summed E-state index contributed by atoms with van der Waals surface area (Å²) in [6, 6.07) is 0.210. The molecule has 0 saturated carbocycles. The maximum atomic E-state index is 6.14. The molecule has 0 bridgehead atoms. The molecule has 0 aromatic rings. The van der Waals surface area contributed by atoms with Crippen LogP contribution in [0.15, 0.2) is 0 Å². The molecule has 2 fully saturated rings. The molecular weight excluding hydrogens is 200 g/mol. The van der Waals surface area contributed by atoms with Gasteiger partial charge >= 0.3 is 0 Å². The molecule has 2 aliphatic heterocycles. The molecular formula is C13H26N2O. The number of ether oxygens (including phenoxy) is 1. The first-order chi connectivity index (χ1) is 7.51. The second kappa shape index (κ2) is 4.63. The van der Waals surface area contributed by atoms with Crippen molar-refractivity contribution in [1.29, 1.82) is 0 Å². The fraction of sp³-hybridized carbons (Fsp3) is 1.00. The van der Waals surface area contributed by atoms with E-state index in [-0.39, 0.29) is 11.5 Å². The third kappa shape index (κ3) is 2.41. The minimum atomic E-state index is 0.167. The van der Waals surface area contributed by atoms with Gasteiger partial charge in [-0.25, -0.2) is 0 Å². The highest BCUT2D eigenvalue weighted by Crippen LogP contribution is 2.31. The number of piperidine rings is 1. The Balaban J connectivity index is 1.90. The van der Waals surface area contributed by atoms with E-state index in [2.05, 4.69) is 25.7 Å². The zero-order valence-electron chi connectivity index (χ0n) is 10.9. The normalized spacial score (nSPS) is 46.1. The van der Waals surface area contributed by atoms with Gasteiger partial charge < -0.3 is 15.4 Å². The predicted molar refractivity (Wildman–Crippen MR) is 66.3 cm³/mol. The molecule has 0 radical (unpaired) electrons. The van der Waals surface area contributed by atoms with Crippen LogP contribution in [0, 0.1) is 17.3 Å². The lowest BCUT2D eigenvalue weighted by Crippen LogP contribution is -2.50. The maximum absolute atomic E-state index is 6.14. The molecule has 0 aromatic carbocycles. The van der Waals surface area contributed by atoms with Gasteiger partial charge in [-0.3, -0.25) is 0 Å². The SMILES string of the molecule is CC1CCN(CC2(C)COCC2N)CC1C. The minimum Gasteiger partial charge on any atom is -0.379 e. The number of nitrogens with zero attached hydrogens (tertiary/aromatic N) is 1. The number of rotatable bonds is 2. The van der Waals surface area contributed by atoms with E-state index in [0.717, 1.165) is 31.6 Å². The molecule has 94 valence electrons. The van der Waals surface area contributed by atoms with Gasteiger partial charge in [0.2, 0.25) is 0 Å². The molecule has 0 spiro atoms. The second-order valence-corrected chi connectivity index (χ2v) is 6.25. The zero-order chi connectivity index (χ0) is 11.8. The van der Waals surface area contributed by atoms with E-state index in [1.807, 2.05) is 0 Å². The summed E-state index contributed by atoms with van der Waals surface area (Å²) < 4.78 is 5.51. The Morgan fingerprint density at radius 1 is 1.38 bits per heavy atom. The van der Waals surface area contributed by atoms with Crippen molar-refractivity contribution in [1.82, 2.24) is 4.90 Å².